The van der Waals surface area contributed by atoms with Gasteiger partial charge in [0, 0.05) is 30.7 Å². The first-order chi connectivity index (χ1) is 21.8. The number of phenols is 3. The van der Waals surface area contributed by atoms with Gasteiger partial charge in [-0.3, -0.25) is 9.59 Å². The smallest absolute Gasteiger partial charge is 0.302 e. The first-order valence-electron chi connectivity index (χ1n) is 13.9. The van der Waals surface area contributed by atoms with Crippen molar-refractivity contribution in [1.29, 1.82) is 0 Å². The van der Waals surface area contributed by atoms with Crippen LogP contribution >= 0.6 is 0 Å². The first-order valence-corrected chi connectivity index (χ1v) is 13.9. The van der Waals surface area contributed by atoms with Gasteiger partial charge in [0.25, 0.3) is 0 Å². The molecular formula is C29H32O17. The second-order valence-corrected chi connectivity index (χ2v) is 10.7. The Morgan fingerprint density at radius 3 is 2.17 bits per heavy atom. The normalized spacial score (nSPS) is 31.5. The molecule has 0 radical (unpaired) electrons. The lowest BCUT2D eigenvalue weighted by molar-refractivity contribution is -0.358. The molecule has 17 heteroatoms. The van der Waals surface area contributed by atoms with Crippen molar-refractivity contribution in [2.24, 2.45) is 0 Å². The number of benzene rings is 2. The van der Waals surface area contributed by atoms with Crippen molar-refractivity contribution >= 4 is 16.9 Å². The molecule has 2 aromatic carbocycles. The first kappa shape index (κ1) is 33.3. The molecule has 2 fully saturated rings. The zero-order valence-corrected chi connectivity index (χ0v) is 23.9. The number of aliphatic hydroxyl groups excluding tert-OH is 6. The van der Waals surface area contributed by atoms with E-state index < -0.39 is 103 Å². The summed E-state index contributed by atoms with van der Waals surface area (Å²) in [5, 5.41) is 92.3. The number of hydrogen-bond donors (Lipinski definition) is 9. The van der Waals surface area contributed by atoms with E-state index >= 15 is 0 Å². The van der Waals surface area contributed by atoms with Crippen molar-refractivity contribution in [3.05, 3.63) is 46.6 Å². The molecule has 10 atom stereocenters. The lowest BCUT2D eigenvalue weighted by atomic mass is 9.97. The SMILES string of the molecule is CC(=O)OC[C@@H]1O[C@@H](O[C@H]2[C@H](Oc3cc(O)c4c(=O)cc(-c5ccc(O)c(O)c5)oc4c3)O[C@H](CO)[C@@H](O)[C@@H]2O)[C@H](O)[C@@H](O)[C@@H]1O. The highest BCUT2D eigenvalue weighted by molar-refractivity contribution is 5.86. The Kier molecular flexibility index (Phi) is 9.68. The fourth-order valence-electron chi connectivity index (χ4n) is 5.08. The molecular weight excluding hydrogens is 620 g/mol. The van der Waals surface area contributed by atoms with Gasteiger partial charge in [0.2, 0.25) is 6.29 Å². The molecule has 17 nitrogen and oxygen atoms in total. The van der Waals surface area contributed by atoms with E-state index in [1.54, 1.807) is 0 Å². The maximum Gasteiger partial charge on any atom is 0.302 e. The van der Waals surface area contributed by atoms with Gasteiger partial charge in [-0.1, -0.05) is 0 Å². The highest BCUT2D eigenvalue weighted by Gasteiger charge is 2.51. The summed E-state index contributed by atoms with van der Waals surface area (Å²) in [6.45, 7) is -0.227. The summed E-state index contributed by atoms with van der Waals surface area (Å²) < 4.78 is 33.2. The molecule has 0 spiro atoms. The summed E-state index contributed by atoms with van der Waals surface area (Å²) in [5.74, 6) is -2.48. The highest BCUT2D eigenvalue weighted by atomic mass is 16.8. The number of aromatic hydroxyl groups is 3. The minimum atomic E-state index is -1.92. The van der Waals surface area contributed by atoms with Gasteiger partial charge in [0.1, 0.15) is 77.6 Å². The van der Waals surface area contributed by atoms with Gasteiger partial charge in [-0.2, -0.15) is 0 Å². The van der Waals surface area contributed by atoms with Gasteiger partial charge in [-0.25, -0.2) is 0 Å². The number of phenolic OH excluding ortho intramolecular Hbond substituents is 3. The van der Waals surface area contributed by atoms with Crippen molar-refractivity contribution in [3.63, 3.8) is 0 Å². The molecule has 2 aliphatic rings. The number of fused-ring (bicyclic) bond motifs is 1. The molecule has 2 aliphatic heterocycles. The van der Waals surface area contributed by atoms with E-state index in [1.165, 1.54) is 18.2 Å². The van der Waals surface area contributed by atoms with E-state index in [2.05, 4.69) is 0 Å². The van der Waals surface area contributed by atoms with Crippen LogP contribution in [0.25, 0.3) is 22.3 Å². The average molecular weight is 653 g/mol. The van der Waals surface area contributed by atoms with Crippen LogP contribution in [0.4, 0.5) is 0 Å². The summed E-state index contributed by atoms with van der Waals surface area (Å²) >= 11 is 0. The number of rotatable bonds is 8. The summed E-state index contributed by atoms with van der Waals surface area (Å²) in [7, 11) is 0. The Morgan fingerprint density at radius 1 is 0.804 bits per heavy atom. The van der Waals surface area contributed by atoms with Crippen molar-refractivity contribution in [3.8, 4) is 34.3 Å². The van der Waals surface area contributed by atoms with Gasteiger partial charge < -0.3 is 74.1 Å². The molecule has 5 rings (SSSR count). The second-order valence-electron chi connectivity index (χ2n) is 10.7. The van der Waals surface area contributed by atoms with Gasteiger partial charge >= 0.3 is 5.97 Å². The number of hydrogen-bond acceptors (Lipinski definition) is 17. The highest BCUT2D eigenvalue weighted by Crippen LogP contribution is 2.36. The molecule has 0 saturated carbocycles. The average Bonchev–Trinajstić information content (AvgIpc) is 3.00. The maximum absolute atomic E-state index is 12.9. The van der Waals surface area contributed by atoms with Gasteiger partial charge in [-0.15, -0.1) is 0 Å². The van der Waals surface area contributed by atoms with Crippen LogP contribution in [0.2, 0.25) is 0 Å². The lowest BCUT2D eigenvalue weighted by Gasteiger charge is -2.45. The van der Waals surface area contributed by atoms with Gasteiger partial charge in [-0.05, 0) is 18.2 Å². The number of aliphatic hydroxyl groups is 6. The lowest BCUT2D eigenvalue weighted by Crippen LogP contribution is -2.65. The monoisotopic (exact) mass is 652 g/mol. The van der Waals surface area contributed by atoms with Gasteiger partial charge in [0.05, 0.1) is 6.61 Å². The molecule has 0 bridgehead atoms. The van der Waals surface area contributed by atoms with Crippen LogP contribution < -0.4 is 10.2 Å². The molecule has 46 heavy (non-hydrogen) atoms. The topological polar surface area (TPSA) is 276 Å². The molecule has 0 aliphatic carbocycles. The fourth-order valence-corrected chi connectivity index (χ4v) is 5.08. The predicted molar refractivity (Wildman–Crippen MR) is 149 cm³/mol. The van der Waals surface area contributed by atoms with E-state index in [9.17, 15) is 55.5 Å². The maximum atomic E-state index is 12.9. The minimum Gasteiger partial charge on any atom is -0.507 e. The van der Waals surface area contributed by atoms with E-state index in [-0.39, 0.29) is 28.0 Å². The van der Waals surface area contributed by atoms with Crippen molar-refractivity contribution in [2.45, 2.75) is 68.3 Å². The minimum absolute atomic E-state index is 0.0501. The van der Waals surface area contributed by atoms with Crippen LogP contribution in [0, 0.1) is 0 Å². The Balaban J connectivity index is 1.46. The summed E-state index contributed by atoms with van der Waals surface area (Å²) in [5.41, 5.74) is -0.666. The van der Waals surface area contributed by atoms with Gasteiger partial charge in [0.15, 0.2) is 29.3 Å². The Labute approximate surface area is 258 Å². The predicted octanol–water partition coefficient (Wildman–Crippen LogP) is -1.85. The Morgan fingerprint density at radius 2 is 1.50 bits per heavy atom. The largest absolute Gasteiger partial charge is 0.507 e. The molecule has 3 heterocycles. The molecule has 3 aromatic rings. The summed E-state index contributed by atoms with van der Waals surface area (Å²) in [4.78, 5) is 24.1. The third-order valence-corrected chi connectivity index (χ3v) is 7.53. The quantitative estimate of drug-likeness (QED) is 0.0954. The fraction of sp³-hybridized carbons (Fsp3) is 0.448. The van der Waals surface area contributed by atoms with Crippen LogP contribution in [0.3, 0.4) is 0 Å². The Bertz CT molecular complexity index is 1620. The number of esters is 1. The number of ether oxygens (including phenoxy) is 5. The molecule has 250 valence electrons. The zero-order chi connectivity index (χ0) is 33.4. The van der Waals surface area contributed by atoms with E-state index in [1.807, 2.05) is 0 Å². The van der Waals surface area contributed by atoms with Crippen LogP contribution in [-0.4, -0.2) is 127 Å². The zero-order valence-electron chi connectivity index (χ0n) is 23.9. The van der Waals surface area contributed by atoms with Crippen LogP contribution in [0.1, 0.15) is 6.92 Å². The van der Waals surface area contributed by atoms with Crippen LogP contribution in [0.5, 0.6) is 23.0 Å². The summed E-state index contributed by atoms with van der Waals surface area (Å²) in [6, 6.07) is 6.93. The standard InChI is InChI=1S/C29H32O17/c1-10(31)41-9-20-23(37)24(38)26(40)28(45-20)46-27-25(39)22(36)19(8-30)44-29(27)42-12-5-15(34)21-16(35)7-17(43-18(21)6-12)11-2-3-13(32)14(33)4-11/h2-7,19-20,22-30,32-34,36-40H,8-9H2,1H3/t19-,20+,22-,23-,24+,25+,26-,27-,28+,29-/m1/s1. The third-order valence-electron chi connectivity index (χ3n) is 7.53. The van der Waals surface area contributed by atoms with Crippen LogP contribution in [-0.2, 0) is 23.7 Å². The third kappa shape index (κ3) is 6.59. The second kappa shape index (κ2) is 13.4. The molecule has 1 aromatic heterocycles. The molecule has 9 N–H and O–H groups in total. The number of carbonyl (C=O) groups is 1. The van der Waals surface area contributed by atoms with E-state index in [0.29, 0.717) is 0 Å². The molecule has 0 amide bonds. The Hall–Kier alpha value is -4.04. The van der Waals surface area contributed by atoms with Crippen molar-refractivity contribution < 1.29 is 78.9 Å². The van der Waals surface area contributed by atoms with E-state index in [4.69, 9.17) is 28.1 Å². The van der Waals surface area contributed by atoms with E-state index in [0.717, 1.165) is 25.1 Å². The van der Waals surface area contributed by atoms with Crippen molar-refractivity contribution in [2.75, 3.05) is 13.2 Å². The van der Waals surface area contributed by atoms with Crippen molar-refractivity contribution in [1.82, 2.24) is 0 Å². The summed E-state index contributed by atoms with van der Waals surface area (Å²) in [6.07, 6.45) is -17.2. The number of carbonyl (C=O) groups excluding carboxylic acids is 1. The van der Waals surface area contributed by atoms with Crippen LogP contribution in [0.15, 0.2) is 45.6 Å². The molecule has 2 saturated heterocycles. The molecule has 0 unspecified atom stereocenters.